The van der Waals surface area contributed by atoms with Gasteiger partial charge in [-0.3, -0.25) is 0 Å². The molecule has 4 heteroatoms. The summed E-state index contributed by atoms with van der Waals surface area (Å²) in [6, 6.07) is 0. The maximum atomic E-state index is 11.1. The molecule has 0 saturated carbocycles. The Kier molecular flexibility index (Phi) is 4.30. The molecule has 72 valence electrons. The number of hydrogen-bond acceptors (Lipinski definition) is 2. The monoisotopic (exact) mass is 285 g/mol. The molecule has 0 aromatic heterocycles. The number of carbonyl (C=O) groups excluding carboxylic acids is 1. The van der Waals surface area contributed by atoms with E-state index in [9.17, 15) is 4.79 Å². The van der Waals surface area contributed by atoms with Crippen molar-refractivity contribution in [2.75, 3.05) is 13.1 Å². The van der Waals surface area contributed by atoms with E-state index in [0.717, 1.165) is 19.5 Å². The lowest BCUT2D eigenvalue weighted by atomic mass is 10.2. The lowest BCUT2D eigenvalue weighted by Crippen LogP contribution is -2.44. The first-order chi connectivity index (χ1) is 4.99. The van der Waals surface area contributed by atoms with Crippen LogP contribution in [-0.4, -0.2) is 29.7 Å². The summed E-state index contributed by atoms with van der Waals surface area (Å²) in [6.45, 7) is 7.35. The van der Waals surface area contributed by atoms with Gasteiger partial charge in [0.2, 0.25) is 0 Å². The van der Waals surface area contributed by atoms with Crippen molar-refractivity contribution in [3.63, 3.8) is 0 Å². The number of hydrogen-bond donors (Lipinski definition) is 0. The summed E-state index contributed by atoms with van der Waals surface area (Å²) in [7, 11) is 0. The van der Waals surface area contributed by atoms with Gasteiger partial charge in [-0.05, 0) is 27.2 Å². The summed E-state index contributed by atoms with van der Waals surface area (Å²) in [5.74, 6) is 0. The van der Waals surface area contributed by atoms with E-state index < -0.39 is 0 Å². The third-order valence-electron chi connectivity index (χ3n) is 1.51. The summed E-state index contributed by atoms with van der Waals surface area (Å²) >= 11 is 0. The highest BCUT2D eigenvalue weighted by Crippen LogP contribution is 2.13. The standard InChI is InChI=1S/C8H15NO2.HI/c1-8(2,3)11-7(10)9-5-4-6-9;/h4-6H2,1-3H3;1H. The second-order valence-corrected chi connectivity index (χ2v) is 3.82. The summed E-state index contributed by atoms with van der Waals surface area (Å²) in [5.41, 5.74) is -0.354. The van der Waals surface area contributed by atoms with E-state index >= 15 is 0 Å². The molecule has 0 unspecified atom stereocenters. The Morgan fingerprint density at radius 2 is 1.83 bits per heavy atom. The van der Waals surface area contributed by atoms with Crippen molar-refractivity contribution in [2.24, 2.45) is 0 Å². The summed E-state index contributed by atoms with van der Waals surface area (Å²) in [6.07, 6.45) is 0.933. The largest absolute Gasteiger partial charge is 0.444 e. The highest BCUT2D eigenvalue weighted by atomic mass is 127. The van der Waals surface area contributed by atoms with Gasteiger partial charge in [-0.1, -0.05) is 0 Å². The van der Waals surface area contributed by atoms with Crippen LogP contribution in [0.3, 0.4) is 0 Å². The molecule has 1 saturated heterocycles. The van der Waals surface area contributed by atoms with Crippen molar-refractivity contribution in [2.45, 2.75) is 32.8 Å². The zero-order valence-electron chi connectivity index (χ0n) is 7.79. The van der Waals surface area contributed by atoms with Gasteiger partial charge in [0.25, 0.3) is 0 Å². The van der Waals surface area contributed by atoms with E-state index in [2.05, 4.69) is 0 Å². The van der Waals surface area contributed by atoms with Crippen molar-refractivity contribution in [3.8, 4) is 0 Å². The minimum absolute atomic E-state index is 0. The quantitative estimate of drug-likeness (QED) is 0.639. The van der Waals surface area contributed by atoms with E-state index in [1.54, 1.807) is 4.90 Å². The second kappa shape index (κ2) is 4.30. The minimum Gasteiger partial charge on any atom is -0.444 e. The summed E-state index contributed by atoms with van der Waals surface area (Å²) in [4.78, 5) is 12.9. The summed E-state index contributed by atoms with van der Waals surface area (Å²) < 4.78 is 5.13. The van der Waals surface area contributed by atoms with Crippen molar-refractivity contribution >= 4 is 30.1 Å². The van der Waals surface area contributed by atoms with Gasteiger partial charge >= 0.3 is 6.09 Å². The van der Waals surface area contributed by atoms with E-state index in [0.29, 0.717) is 0 Å². The molecule has 0 spiro atoms. The Balaban J connectivity index is 0.00000121. The van der Waals surface area contributed by atoms with Gasteiger partial charge in [0.1, 0.15) is 5.60 Å². The first-order valence-electron chi connectivity index (χ1n) is 3.97. The van der Waals surface area contributed by atoms with Gasteiger partial charge in [0.15, 0.2) is 0 Å². The number of carbonyl (C=O) groups is 1. The van der Waals surface area contributed by atoms with Crippen LogP contribution < -0.4 is 0 Å². The van der Waals surface area contributed by atoms with Crippen molar-refractivity contribution in [1.29, 1.82) is 0 Å². The van der Waals surface area contributed by atoms with Crippen LogP contribution in [0.5, 0.6) is 0 Å². The molecule has 1 heterocycles. The average molecular weight is 285 g/mol. The van der Waals surface area contributed by atoms with E-state index in [4.69, 9.17) is 4.74 Å². The molecule has 1 amide bonds. The van der Waals surface area contributed by atoms with Crippen LogP contribution in [-0.2, 0) is 4.74 Å². The molecule has 1 aliphatic heterocycles. The molecule has 3 nitrogen and oxygen atoms in total. The number of halogens is 1. The van der Waals surface area contributed by atoms with Crippen molar-refractivity contribution in [3.05, 3.63) is 0 Å². The smallest absolute Gasteiger partial charge is 0.410 e. The third-order valence-corrected chi connectivity index (χ3v) is 1.51. The lowest BCUT2D eigenvalue weighted by molar-refractivity contribution is 0.0131. The minimum atomic E-state index is -0.354. The number of nitrogens with zero attached hydrogens (tertiary/aromatic N) is 1. The molecule has 1 aliphatic rings. The highest BCUT2D eigenvalue weighted by molar-refractivity contribution is 14.0. The molecule has 0 atom stereocenters. The second-order valence-electron chi connectivity index (χ2n) is 3.82. The van der Waals surface area contributed by atoms with Gasteiger partial charge in [-0.2, -0.15) is 0 Å². The van der Waals surface area contributed by atoms with Crippen LogP contribution >= 0.6 is 24.0 Å². The Morgan fingerprint density at radius 3 is 2.08 bits per heavy atom. The van der Waals surface area contributed by atoms with Crippen LogP contribution in [0.2, 0.25) is 0 Å². The first-order valence-corrected chi connectivity index (χ1v) is 3.97. The van der Waals surface area contributed by atoms with E-state index in [1.165, 1.54) is 0 Å². The molecule has 1 fully saturated rings. The van der Waals surface area contributed by atoms with Gasteiger partial charge < -0.3 is 9.64 Å². The molecule has 0 bridgehead atoms. The van der Waals surface area contributed by atoms with Gasteiger partial charge in [-0.25, -0.2) is 4.79 Å². The number of ether oxygens (including phenoxy) is 1. The van der Waals surface area contributed by atoms with E-state index in [1.807, 2.05) is 20.8 Å². The van der Waals surface area contributed by atoms with Gasteiger partial charge in [0.05, 0.1) is 0 Å². The Hall–Kier alpha value is 0. The number of likely N-dealkylation sites (tertiary alicyclic amines) is 1. The molecule has 0 aromatic rings. The van der Waals surface area contributed by atoms with Crippen molar-refractivity contribution < 1.29 is 9.53 Å². The fourth-order valence-electron chi connectivity index (χ4n) is 0.825. The maximum absolute atomic E-state index is 11.1. The first kappa shape index (κ1) is 12.0. The molecule has 12 heavy (non-hydrogen) atoms. The lowest BCUT2D eigenvalue weighted by Gasteiger charge is -2.32. The van der Waals surface area contributed by atoms with Gasteiger partial charge in [0, 0.05) is 13.1 Å². The molecule has 0 N–H and O–H groups in total. The zero-order chi connectivity index (χ0) is 8.48. The number of rotatable bonds is 0. The molecule has 1 rings (SSSR count). The number of amides is 1. The summed E-state index contributed by atoms with van der Waals surface area (Å²) in [5, 5.41) is 0. The van der Waals surface area contributed by atoms with Crippen LogP contribution in [0.4, 0.5) is 4.79 Å². The fourth-order valence-corrected chi connectivity index (χ4v) is 0.825. The van der Waals surface area contributed by atoms with Crippen LogP contribution in [0.25, 0.3) is 0 Å². The zero-order valence-corrected chi connectivity index (χ0v) is 10.1. The van der Waals surface area contributed by atoms with Crippen LogP contribution in [0.1, 0.15) is 27.2 Å². The fraction of sp³-hybridized carbons (Fsp3) is 0.875. The Morgan fingerprint density at radius 1 is 1.33 bits per heavy atom. The van der Waals surface area contributed by atoms with Gasteiger partial charge in [-0.15, -0.1) is 24.0 Å². The molecule has 0 aliphatic carbocycles. The Labute approximate surface area is 90.5 Å². The van der Waals surface area contributed by atoms with E-state index in [-0.39, 0.29) is 35.7 Å². The highest BCUT2D eigenvalue weighted by Gasteiger charge is 2.25. The Bertz CT molecular complexity index is 161. The average Bonchev–Trinajstić information content (AvgIpc) is 1.50. The van der Waals surface area contributed by atoms with Crippen molar-refractivity contribution in [1.82, 2.24) is 4.90 Å². The molecule has 0 radical (unpaired) electrons. The molecular weight excluding hydrogens is 269 g/mol. The topological polar surface area (TPSA) is 29.5 Å². The predicted molar refractivity (Wildman–Crippen MR) is 57.8 cm³/mol. The molecule has 0 aromatic carbocycles. The molecular formula is C8H16INO2. The van der Waals surface area contributed by atoms with Crippen LogP contribution in [0, 0.1) is 0 Å². The third kappa shape index (κ3) is 3.60. The maximum Gasteiger partial charge on any atom is 0.410 e. The predicted octanol–water partition coefficient (Wildman–Crippen LogP) is 2.25. The SMILES string of the molecule is CC(C)(C)OC(=O)N1CCC1.I. The van der Waals surface area contributed by atoms with Crippen LogP contribution in [0.15, 0.2) is 0 Å². The normalized spacial score (nSPS) is 16.1.